The summed E-state index contributed by atoms with van der Waals surface area (Å²) in [6, 6.07) is 13.7. The monoisotopic (exact) mass is 411 g/mol. The Kier molecular flexibility index (Phi) is 4.67. The molecule has 0 amide bonds. The number of hydrogen-bond acceptors (Lipinski definition) is 6. The Morgan fingerprint density at radius 3 is 2.66 bits per heavy atom. The van der Waals surface area contributed by atoms with Crippen molar-refractivity contribution in [2.45, 2.75) is 17.9 Å². The largest absolute Gasteiger partial charge is 0.453 e. The molecule has 3 aromatic rings. The number of carbonyl (C=O) groups is 2. The van der Waals surface area contributed by atoms with Gasteiger partial charge in [-0.05, 0) is 25.1 Å². The first-order chi connectivity index (χ1) is 13.9. The lowest BCUT2D eigenvalue weighted by atomic mass is 10.1. The minimum absolute atomic E-state index is 0.0770. The molecular weight excluding hydrogens is 394 g/mol. The van der Waals surface area contributed by atoms with Crippen LogP contribution < -0.4 is 4.72 Å². The van der Waals surface area contributed by atoms with Crippen molar-refractivity contribution >= 4 is 38.5 Å². The van der Waals surface area contributed by atoms with Crippen LogP contribution in [0.4, 0.5) is 0 Å². The highest BCUT2D eigenvalue weighted by Crippen LogP contribution is 2.22. The second kappa shape index (κ2) is 7.17. The van der Waals surface area contributed by atoms with Crippen LogP contribution in [0.25, 0.3) is 10.9 Å². The van der Waals surface area contributed by atoms with E-state index in [0.29, 0.717) is 11.1 Å². The Hall–Kier alpha value is -3.46. The number of rotatable bonds is 5. The number of nitrogens with zero attached hydrogens (tertiary/aromatic N) is 1. The molecule has 29 heavy (non-hydrogen) atoms. The van der Waals surface area contributed by atoms with E-state index in [4.69, 9.17) is 4.74 Å². The zero-order chi connectivity index (χ0) is 20.6. The number of ketones is 1. The number of hydrogen-bond donors (Lipinski definition) is 2. The van der Waals surface area contributed by atoms with E-state index in [1.165, 1.54) is 13.0 Å². The Morgan fingerprint density at radius 1 is 1.10 bits per heavy atom. The van der Waals surface area contributed by atoms with Gasteiger partial charge in [-0.25, -0.2) is 8.42 Å². The predicted molar refractivity (Wildman–Crippen MR) is 106 cm³/mol. The SMILES string of the molecule is C[C@@H](OC(=O)CN=C1NS(=O)(=O)c2ccccc21)C(=O)c1c[nH]c2ccccc12. The smallest absolute Gasteiger partial charge is 0.328 e. The Balaban J connectivity index is 1.45. The van der Waals surface area contributed by atoms with E-state index in [1.807, 2.05) is 24.3 Å². The molecule has 0 aliphatic carbocycles. The van der Waals surface area contributed by atoms with Crippen LogP contribution in [0.1, 0.15) is 22.8 Å². The molecule has 1 aliphatic heterocycles. The molecule has 2 N–H and O–H groups in total. The summed E-state index contributed by atoms with van der Waals surface area (Å²) in [5.41, 5.74) is 1.64. The lowest BCUT2D eigenvalue weighted by Crippen LogP contribution is -2.27. The highest BCUT2D eigenvalue weighted by atomic mass is 32.2. The lowest BCUT2D eigenvalue weighted by molar-refractivity contribution is -0.144. The van der Waals surface area contributed by atoms with Gasteiger partial charge >= 0.3 is 5.97 Å². The van der Waals surface area contributed by atoms with E-state index < -0.39 is 28.6 Å². The van der Waals surface area contributed by atoms with E-state index in [9.17, 15) is 18.0 Å². The van der Waals surface area contributed by atoms with Gasteiger partial charge < -0.3 is 9.72 Å². The third-order valence-electron chi connectivity index (χ3n) is 4.56. The van der Waals surface area contributed by atoms with Crippen LogP contribution in [0.5, 0.6) is 0 Å². The molecular formula is C20H17N3O5S. The van der Waals surface area contributed by atoms with Crippen LogP contribution in [-0.4, -0.2) is 43.6 Å². The first kappa shape index (κ1) is 18.9. The van der Waals surface area contributed by atoms with Gasteiger partial charge in [0.1, 0.15) is 12.4 Å². The number of ether oxygens (including phenoxy) is 1. The lowest BCUT2D eigenvalue weighted by Gasteiger charge is -2.11. The van der Waals surface area contributed by atoms with E-state index in [-0.39, 0.29) is 16.5 Å². The Labute approximate surface area is 166 Å². The topological polar surface area (TPSA) is 118 Å². The average Bonchev–Trinajstić information content (AvgIpc) is 3.25. The van der Waals surface area contributed by atoms with Gasteiger partial charge in [-0.1, -0.05) is 30.3 Å². The minimum atomic E-state index is -3.68. The molecule has 0 unspecified atom stereocenters. The van der Waals surface area contributed by atoms with E-state index >= 15 is 0 Å². The Bertz CT molecular complexity index is 1260. The molecule has 4 rings (SSSR count). The number of benzene rings is 2. The van der Waals surface area contributed by atoms with Gasteiger partial charge in [0.25, 0.3) is 10.0 Å². The molecule has 0 saturated heterocycles. The molecule has 2 aromatic carbocycles. The normalized spacial score (nSPS) is 16.9. The first-order valence-electron chi connectivity index (χ1n) is 8.83. The van der Waals surface area contributed by atoms with Crippen molar-refractivity contribution in [3.63, 3.8) is 0 Å². The number of amidine groups is 1. The van der Waals surface area contributed by atoms with Gasteiger partial charge in [0.05, 0.1) is 4.90 Å². The van der Waals surface area contributed by atoms with Crippen LogP contribution in [0.2, 0.25) is 0 Å². The van der Waals surface area contributed by atoms with Crippen molar-refractivity contribution in [3.05, 3.63) is 65.9 Å². The number of H-pyrrole nitrogens is 1. The van der Waals surface area contributed by atoms with Crippen LogP contribution in [-0.2, 0) is 19.6 Å². The van der Waals surface area contributed by atoms with Crippen LogP contribution >= 0.6 is 0 Å². The number of fused-ring (bicyclic) bond motifs is 2. The van der Waals surface area contributed by atoms with Crippen molar-refractivity contribution in [1.29, 1.82) is 0 Å². The van der Waals surface area contributed by atoms with Crippen molar-refractivity contribution in [2.75, 3.05) is 6.54 Å². The van der Waals surface area contributed by atoms with Gasteiger partial charge in [0.2, 0.25) is 5.78 Å². The second-order valence-corrected chi connectivity index (χ2v) is 8.16. The summed E-state index contributed by atoms with van der Waals surface area (Å²) in [6.07, 6.45) is 0.580. The summed E-state index contributed by atoms with van der Waals surface area (Å²) >= 11 is 0. The molecule has 148 valence electrons. The molecule has 1 aromatic heterocycles. The summed E-state index contributed by atoms with van der Waals surface area (Å²) < 4.78 is 31.6. The van der Waals surface area contributed by atoms with Crippen molar-refractivity contribution in [2.24, 2.45) is 4.99 Å². The fourth-order valence-corrected chi connectivity index (χ4v) is 4.43. The molecule has 8 nitrogen and oxygen atoms in total. The number of Topliss-reactive ketones (excluding diaryl/α,β-unsaturated/α-hetero) is 1. The molecule has 0 radical (unpaired) electrons. The number of carbonyl (C=O) groups excluding carboxylic acids is 2. The van der Waals surface area contributed by atoms with Gasteiger partial charge in [-0.3, -0.25) is 19.3 Å². The Morgan fingerprint density at radius 2 is 1.83 bits per heavy atom. The first-order valence-corrected chi connectivity index (χ1v) is 10.3. The quantitative estimate of drug-likeness (QED) is 0.492. The number of sulfonamides is 1. The minimum Gasteiger partial charge on any atom is -0.453 e. The molecule has 0 bridgehead atoms. The van der Waals surface area contributed by atoms with Crippen LogP contribution in [0, 0.1) is 0 Å². The zero-order valence-electron chi connectivity index (χ0n) is 15.4. The molecule has 1 atom stereocenters. The van der Waals surface area contributed by atoms with Crippen LogP contribution in [0.3, 0.4) is 0 Å². The third-order valence-corrected chi connectivity index (χ3v) is 5.96. The molecule has 2 heterocycles. The summed E-state index contributed by atoms with van der Waals surface area (Å²) in [5.74, 6) is -0.995. The fraction of sp³-hybridized carbons (Fsp3) is 0.150. The highest BCUT2D eigenvalue weighted by Gasteiger charge is 2.30. The molecule has 0 spiro atoms. The number of aliphatic imine (C=N–C) groups is 1. The maximum atomic E-state index is 12.6. The van der Waals surface area contributed by atoms with E-state index in [2.05, 4.69) is 14.7 Å². The van der Waals surface area contributed by atoms with Crippen LogP contribution in [0.15, 0.2) is 64.6 Å². The maximum absolute atomic E-state index is 12.6. The predicted octanol–water partition coefficient (Wildman–Crippen LogP) is 2.02. The maximum Gasteiger partial charge on any atom is 0.328 e. The van der Waals surface area contributed by atoms with Crippen molar-refractivity contribution in [3.8, 4) is 0 Å². The van der Waals surface area contributed by atoms with Gasteiger partial charge in [0.15, 0.2) is 6.10 Å². The van der Waals surface area contributed by atoms with Crippen molar-refractivity contribution < 1.29 is 22.7 Å². The second-order valence-electron chi connectivity index (χ2n) is 6.51. The summed E-state index contributed by atoms with van der Waals surface area (Å²) in [5, 5.41) is 0.748. The highest BCUT2D eigenvalue weighted by molar-refractivity contribution is 7.90. The number of aromatic amines is 1. The molecule has 9 heteroatoms. The van der Waals surface area contributed by atoms with Crippen molar-refractivity contribution in [1.82, 2.24) is 9.71 Å². The van der Waals surface area contributed by atoms with E-state index in [1.54, 1.807) is 24.4 Å². The summed E-state index contributed by atoms with van der Waals surface area (Å²) in [6.45, 7) is 1.07. The number of para-hydroxylation sites is 1. The van der Waals surface area contributed by atoms with Gasteiger partial charge in [0, 0.05) is 28.2 Å². The van der Waals surface area contributed by atoms with E-state index in [0.717, 1.165) is 10.9 Å². The summed E-state index contributed by atoms with van der Waals surface area (Å²) in [4.78, 5) is 31.9. The van der Waals surface area contributed by atoms with Gasteiger partial charge in [-0.2, -0.15) is 0 Å². The molecule has 1 aliphatic rings. The van der Waals surface area contributed by atoms with Gasteiger partial charge in [-0.15, -0.1) is 0 Å². The zero-order valence-corrected chi connectivity index (χ0v) is 16.2. The standard InChI is InChI=1S/C20H17N3O5S/c1-12(19(25)15-10-21-16-8-4-2-6-13(15)16)28-18(24)11-22-20-14-7-3-5-9-17(14)29(26,27)23-20/h2-10,12,21H,11H2,1H3,(H,22,23)/t12-/m1/s1. The number of esters is 1. The number of aromatic nitrogens is 1. The molecule has 0 saturated carbocycles. The molecule has 0 fully saturated rings. The fourth-order valence-electron chi connectivity index (χ4n) is 3.18. The summed E-state index contributed by atoms with van der Waals surface area (Å²) in [7, 11) is -3.68. The average molecular weight is 411 g/mol. The number of nitrogens with one attached hydrogen (secondary N) is 2. The third kappa shape index (κ3) is 3.52.